The van der Waals surface area contributed by atoms with Crippen molar-refractivity contribution in [2.45, 2.75) is 6.92 Å². The van der Waals surface area contributed by atoms with Crippen molar-refractivity contribution in [2.24, 2.45) is 0 Å². The third kappa shape index (κ3) is 3.23. The molecule has 0 unspecified atom stereocenters. The standard InChI is InChI=1S/C20H18N6O2/c1-12(27)23-18-11-26-19(24-18)8-7-16(25-26)13-9-15(20(21)22-10-13)14-5-3-4-6-17(14)28-2/h3-11H,1-2H3,(H2,21,22)(H,23,27). The monoisotopic (exact) mass is 374 g/mol. The number of benzene rings is 1. The number of methoxy groups -OCH3 is 1. The fourth-order valence-corrected chi connectivity index (χ4v) is 2.97. The zero-order valence-corrected chi connectivity index (χ0v) is 15.4. The van der Waals surface area contributed by atoms with E-state index in [4.69, 9.17) is 10.5 Å². The Morgan fingerprint density at radius 2 is 2.00 bits per heavy atom. The Kier molecular flexibility index (Phi) is 4.36. The van der Waals surface area contributed by atoms with Crippen LogP contribution in [0, 0.1) is 0 Å². The highest BCUT2D eigenvalue weighted by atomic mass is 16.5. The molecule has 0 saturated carbocycles. The summed E-state index contributed by atoms with van der Waals surface area (Å²) in [5.41, 5.74) is 9.86. The lowest BCUT2D eigenvalue weighted by Crippen LogP contribution is -2.05. The van der Waals surface area contributed by atoms with Gasteiger partial charge < -0.3 is 15.8 Å². The quantitative estimate of drug-likeness (QED) is 0.569. The minimum Gasteiger partial charge on any atom is -0.496 e. The number of hydrogen-bond acceptors (Lipinski definition) is 6. The highest BCUT2D eigenvalue weighted by Crippen LogP contribution is 2.34. The predicted molar refractivity (Wildman–Crippen MR) is 107 cm³/mol. The SMILES string of the molecule is COc1ccccc1-c1cc(-c2ccc3nc(NC(C)=O)cn3n2)cnc1N. The molecule has 0 spiro atoms. The number of pyridine rings is 1. The first kappa shape index (κ1) is 17.5. The first-order chi connectivity index (χ1) is 13.5. The van der Waals surface area contributed by atoms with Gasteiger partial charge in [0.1, 0.15) is 11.6 Å². The number of carbonyl (C=O) groups is 1. The number of rotatable bonds is 4. The first-order valence-electron chi connectivity index (χ1n) is 8.58. The van der Waals surface area contributed by atoms with Crippen LogP contribution in [-0.4, -0.2) is 32.6 Å². The molecular formula is C20H18N6O2. The molecule has 4 rings (SSSR count). The summed E-state index contributed by atoms with van der Waals surface area (Å²) in [6, 6.07) is 13.2. The van der Waals surface area contributed by atoms with Crippen molar-refractivity contribution >= 4 is 23.2 Å². The lowest BCUT2D eigenvalue weighted by Gasteiger charge is -2.11. The van der Waals surface area contributed by atoms with Crippen LogP contribution in [0.15, 0.2) is 54.9 Å². The van der Waals surface area contributed by atoms with Crippen LogP contribution in [0.3, 0.4) is 0 Å². The van der Waals surface area contributed by atoms with Crippen molar-refractivity contribution < 1.29 is 9.53 Å². The lowest BCUT2D eigenvalue weighted by molar-refractivity contribution is -0.114. The number of aromatic nitrogens is 4. The van der Waals surface area contributed by atoms with Gasteiger partial charge in [-0.15, -0.1) is 0 Å². The Balaban J connectivity index is 1.78. The summed E-state index contributed by atoms with van der Waals surface area (Å²) < 4.78 is 7.06. The van der Waals surface area contributed by atoms with Crippen molar-refractivity contribution in [3.63, 3.8) is 0 Å². The third-order valence-corrected chi connectivity index (χ3v) is 4.24. The van der Waals surface area contributed by atoms with Crippen molar-refractivity contribution in [1.82, 2.24) is 19.6 Å². The molecule has 8 heteroatoms. The molecule has 4 aromatic rings. The highest BCUT2D eigenvalue weighted by Gasteiger charge is 2.13. The average molecular weight is 374 g/mol. The molecule has 0 fully saturated rings. The molecule has 28 heavy (non-hydrogen) atoms. The molecule has 0 aliphatic rings. The third-order valence-electron chi connectivity index (χ3n) is 4.24. The zero-order chi connectivity index (χ0) is 19.7. The molecule has 3 N–H and O–H groups in total. The number of nitrogen functional groups attached to an aromatic ring is 1. The van der Waals surface area contributed by atoms with Gasteiger partial charge in [0, 0.05) is 29.8 Å². The van der Waals surface area contributed by atoms with E-state index in [9.17, 15) is 4.79 Å². The topological polar surface area (TPSA) is 107 Å². The summed E-state index contributed by atoms with van der Waals surface area (Å²) in [7, 11) is 1.62. The lowest BCUT2D eigenvalue weighted by atomic mass is 10.0. The molecule has 3 aromatic heterocycles. The van der Waals surface area contributed by atoms with Gasteiger partial charge in [-0.3, -0.25) is 4.79 Å². The maximum atomic E-state index is 11.2. The summed E-state index contributed by atoms with van der Waals surface area (Å²) in [5.74, 6) is 1.38. The molecule has 1 aromatic carbocycles. The van der Waals surface area contributed by atoms with Gasteiger partial charge in [0.05, 0.1) is 19.0 Å². The summed E-state index contributed by atoms with van der Waals surface area (Å²) in [5, 5.41) is 7.22. The van der Waals surface area contributed by atoms with E-state index in [1.165, 1.54) is 6.92 Å². The van der Waals surface area contributed by atoms with Crippen molar-refractivity contribution in [2.75, 3.05) is 18.2 Å². The van der Waals surface area contributed by atoms with Crippen LogP contribution >= 0.6 is 0 Å². The van der Waals surface area contributed by atoms with Crippen LogP contribution in [0.1, 0.15) is 6.92 Å². The van der Waals surface area contributed by atoms with E-state index >= 15 is 0 Å². The minimum atomic E-state index is -0.187. The number of fused-ring (bicyclic) bond motifs is 1. The Morgan fingerprint density at radius 1 is 1.18 bits per heavy atom. The molecule has 0 bridgehead atoms. The number of imidazole rings is 1. The van der Waals surface area contributed by atoms with E-state index < -0.39 is 0 Å². The fraction of sp³-hybridized carbons (Fsp3) is 0.100. The Hall–Kier alpha value is -3.94. The van der Waals surface area contributed by atoms with E-state index in [1.807, 2.05) is 42.5 Å². The van der Waals surface area contributed by atoms with Gasteiger partial charge in [0.15, 0.2) is 11.5 Å². The molecular weight excluding hydrogens is 356 g/mol. The molecule has 0 aliphatic heterocycles. The zero-order valence-electron chi connectivity index (χ0n) is 15.4. The van der Waals surface area contributed by atoms with Crippen molar-refractivity contribution in [3.05, 3.63) is 54.9 Å². The van der Waals surface area contributed by atoms with E-state index in [2.05, 4.69) is 20.4 Å². The van der Waals surface area contributed by atoms with Crippen molar-refractivity contribution in [3.8, 4) is 28.1 Å². The number of carbonyl (C=O) groups excluding carboxylic acids is 1. The van der Waals surface area contributed by atoms with E-state index in [0.717, 1.165) is 16.7 Å². The Labute approximate surface area is 161 Å². The van der Waals surface area contributed by atoms with Gasteiger partial charge in [-0.05, 0) is 24.3 Å². The summed E-state index contributed by atoms with van der Waals surface area (Å²) in [6.07, 6.45) is 3.33. The molecule has 1 amide bonds. The molecule has 0 radical (unpaired) electrons. The second-order valence-corrected chi connectivity index (χ2v) is 6.19. The van der Waals surface area contributed by atoms with Gasteiger partial charge in [-0.2, -0.15) is 5.10 Å². The normalized spacial score (nSPS) is 10.8. The molecule has 0 saturated heterocycles. The summed E-state index contributed by atoms with van der Waals surface area (Å²) in [4.78, 5) is 19.9. The maximum Gasteiger partial charge on any atom is 0.222 e. The number of nitrogens with zero attached hydrogens (tertiary/aromatic N) is 4. The largest absolute Gasteiger partial charge is 0.496 e. The number of amides is 1. The maximum absolute atomic E-state index is 11.2. The molecule has 140 valence electrons. The first-order valence-corrected chi connectivity index (χ1v) is 8.58. The highest BCUT2D eigenvalue weighted by molar-refractivity contribution is 5.88. The van der Waals surface area contributed by atoms with Crippen LogP contribution < -0.4 is 15.8 Å². The van der Waals surface area contributed by atoms with Gasteiger partial charge in [0.25, 0.3) is 0 Å². The molecule has 8 nitrogen and oxygen atoms in total. The fourth-order valence-electron chi connectivity index (χ4n) is 2.97. The van der Waals surface area contributed by atoms with Gasteiger partial charge >= 0.3 is 0 Å². The number of nitrogens with one attached hydrogen (secondary N) is 1. The second kappa shape index (κ2) is 6.99. The smallest absolute Gasteiger partial charge is 0.222 e. The molecule has 0 aliphatic carbocycles. The summed E-state index contributed by atoms with van der Waals surface area (Å²) >= 11 is 0. The molecule has 0 atom stereocenters. The van der Waals surface area contributed by atoms with Crippen molar-refractivity contribution in [1.29, 1.82) is 0 Å². The number of para-hydroxylation sites is 1. The Bertz CT molecular complexity index is 1180. The number of hydrogen-bond donors (Lipinski definition) is 2. The molecule has 3 heterocycles. The van der Waals surface area contributed by atoms with Crippen LogP contribution in [-0.2, 0) is 4.79 Å². The minimum absolute atomic E-state index is 0.187. The van der Waals surface area contributed by atoms with Gasteiger partial charge in [-0.25, -0.2) is 14.5 Å². The van der Waals surface area contributed by atoms with Crippen LogP contribution in [0.25, 0.3) is 28.0 Å². The van der Waals surface area contributed by atoms with Gasteiger partial charge in [-0.1, -0.05) is 18.2 Å². The Morgan fingerprint density at radius 3 is 2.79 bits per heavy atom. The second-order valence-electron chi connectivity index (χ2n) is 6.19. The van der Waals surface area contributed by atoms with Crippen LogP contribution in [0.5, 0.6) is 5.75 Å². The van der Waals surface area contributed by atoms with E-state index in [0.29, 0.717) is 28.7 Å². The summed E-state index contributed by atoms with van der Waals surface area (Å²) in [6.45, 7) is 1.43. The average Bonchev–Trinajstić information content (AvgIpc) is 3.09. The van der Waals surface area contributed by atoms with E-state index in [1.54, 1.807) is 24.0 Å². The van der Waals surface area contributed by atoms with E-state index in [-0.39, 0.29) is 5.91 Å². The number of anilines is 2. The van der Waals surface area contributed by atoms with Crippen LogP contribution in [0.2, 0.25) is 0 Å². The number of nitrogens with two attached hydrogens (primary N) is 1. The van der Waals surface area contributed by atoms with Crippen LogP contribution in [0.4, 0.5) is 11.6 Å². The van der Waals surface area contributed by atoms with Gasteiger partial charge in [0.2, 0.25) is 5.91 Å². The number of ether oxygens (including phenoxy) is 1. The predicted octanol–water partition coefficient (Wildman–Crippen LogP) is 3.01.